The molecule has 0 fully saturated rings. The Morgan fingerprint density at radius 3 is 1.53 bits per heavy atom. The zero-order valence-corrected chi connectivity index (χ0v) is 29.0. The first-order chi connectivity index (χ1) is 25.3. The van der Waals surface area contributed by atoms with Crippen LogP contribution in [0.5, 0.6) is 0 Å². The van der Waals surface area contributed by atoms with Gasteiger partial charge in [-0.3, -0.25) is 0 Å². The van der Waals surface area contributed by atoms with Crippen molar-refractivity contribution < 1.29 is 0 Å². The Balaban J connectivity index is 1.18. The number of benzene rings is 7. The minimum absolute atomic E-state index is 0.960. The number of fused-ring (bicyclic) bond motifs is 12. The molecule has 4 heterocycles. The van der Waals surface area contributed by atoms with Crippen LogP contribution in [0.1, 0.15) is 0 Å². The molecule has 11 aromatic rings. The molecule has 0 radical (unpaired) electrons. The molecule has 0 N–H and O–H groups in total. The van der Waals surface area contributed by atoms with Gasteiger partial charge in [-0.2, -0.15) is 0 Å². The lowest BCUT2D eigenvalue weighted by molar-refractivity contribution is 1.19. The average molecular weight is 685 g/mol. The van der Waals surface area contributed by atoms with Gasteiger partial charge in [0.2, 0.25) is 0 Å². The maximum absolute atomic E-state index is 5.21. The SMILES string of the molecule is c1ccc(-c2cc(-c3ccccc3)nc(-c3ccc(-n4c5ccccc5c5c6sc7ccccc7c6c6sc7ccccc7c6c54)cc3)c2)cc1. The molecule has 0 spiro atoms. The van der Waals surface area contributed by atoms with Crippen LogP contribution in [-0.2, 0) is 0 Å². The molecule has 4 heteroatoms. The highest BCUT2D eigenvalue weighted by molar-refractivity contribution is 7.30. The topological polar surface area (TPSA) is 17.8 Å². The molecule has 11 rings (SSSR count). The predicted octanol–water partition coefficient (Wildman–Crippen LogP) is 13.9. The van der Waals surface area contributed by atoms with Crippen molar-refractivity contribution in [2.75, 3.05) is 0 Å². The van der Waals surface area contributed by atoms with Crippen molar-refractivity contribution in [3.05, 3.63) is 170 Å². The molecular formula is C47H28N2S2. The van der Waals surface area contributed by atoms with Gasteiger partial charge in [0.25, 0.3) is 0 Å². The number of hydrogen-bond donors (Lipinski definition) is 0. The van der Waals surface area contributed by atoms with Gasteiger partial charge in [-0.15, -0.1) is 22.7 Å². The second-order valence-electron chi connectivity index (χ2n) is 13.1. The summed E-state index contributed by atoms with van der Waals surface area (Å²) in [6.45, 7) is 0. The van der Waals surface area contributed by atoms with Crippen LogP contribution < -0.4 is 0 Å². The van der Waals surface area contributed by atoms with E-state index in [-0.39, 0.29) is 0 Å². The van der Waals surface area contributed by atoms with E-state index in [1.54, 1.807) is 0 Å². The van der Waals surface area contributed by atoms with Crippen LogP contribution in [0.15, 0.2) is 170 Å². The molecular weight excluding hydrogens is 657 g/mol. The molecule has 0 aliphatic rings. The van der Waals surface area contributed by atoms with Crippen molar-refractivity contribution in [2.45, 2.75) is 0 Å². The molecule has 4 aromatic heterocycles. The molecule has 0 aliphatic heterocycles. The smallest absolute Gasteiger partial charge is 0.0715 e. The zero-order chi connectivity index (χ0) is 33.5. The van der Waals surface area contributed by atoms with Crippen LogP contribution in [-0.4, -0.2) is 9.55 Å². The van der Waals surface area contributed by atoms with E-state index in [4.69, 9.17) is 4.98 Å². The van der Waals surface area contributed by atoms with Gasteiger partial charge in [0.05, 0.1) is 22.4 Å². The number of pyridine rings is 1. The molecule has 2 nitrogen and oxygen atoms in total. The van der Waals surface area contributed by atoms with E-state index in [1.165, 1.54) is 67.7 Å². The first-order valence-electron chi connectivity index (χ1n) is 17.2. The van der Waals surface area contributed by atoms with E-state index >= 15 is 0 Å². The molecule has 0 aliphatic carbocycles. The van der Waals surface area contributed by atoms with Crippen molar-refractivity contribution in [3.8, 4) is 39.3 Å². The van der Waals surface area contributed by atoms with Crippen molar-refractivity contribution in [1.29, 1.82) is 0 Å². The van der Waals surface area contributed by atoms with E-state index in [2.05, 4.69) is 174 Å². The third kappa shape index (κ3) is 4.37. The molecule has 0 amide bonds. The first-order valence-corrected chi connectivity index (χ1v) is 18.8. The van der Waals surface area contributed by atoms with E-state index in [0.29, 0.717) is 0 Å². The van der Waals surface area contributed by atoms with Gasteiger partial charge in [-0.05, 0) is 53.6 Å². The summed E-state index contributed by atoms with van der Waals surface area (Å²) in [7, 11) is 0. The van der Waals surface area contributed by atoms with Crippen LogP contribution >= 0.6 is 22.7 Å². The highest BCUT2D eigenvalue weighted by atomic mass is 32.1. The predicted molar refractivity (Wildman–Crippen MR) is 221 cm³/mol. The van der Waals surface area contributed by atoms with E-state index < -0.39 is 0 Å². The minimum Gasteiger partial charge on any atom is -0.309 e. The quantitative estimate of drug-likeness (QED) is 0.180. The Labute approximate surface area is 302 Å². The molecule has 51 heavy (non-hydrogen) atoms. The monoisotopic (exact) mass is 684 g/mol. The van der Waals surface area contributed by atoms with Gasteiger partial charge in [0.15, 0.2) is 0 Å². The average Bonchev–Trinajstić information content (AvgIpc) is 3.88. The summed E-state index contributed by atoms with van der Waals surface area (Å²) in [6.07, 6.45) is 0. The van der Waals surface area contributed by atoms with Crippen LogP contribution in [0, 0.1) is 0 Å². The molecule has 238 valence electrons. The lowest BCUT2D eigenvalue weighted by Gasteiger charge is -2.13. The van der Waals surface area contributed by atoms with Gasteiger partial charge in [0.1, 0.15) is 0 Å². The summed E-state index contributed by atoms with van der Waals surface area (Å²) in [6, 6.07) is 61.3. The fourth-order valence-corrected chi connectivity index (χ4v) is 10.5. The largest absolute Gasteiger partial charge is 0.309 e. The van der Waals surface area contributed by atoms with Gasteiger partial charge in [-0.1, -0.05) is 127 Å². The van der Waals surface area contributed by atoms with Crippen molar-refractivity contribution >= 4 is 84.8 Å². The van der Waals surface area contributed by atoms with Crippen molar-refractivity contribution in [2.24, 2.45) is 0 Å². The van der Waals surface area contributed by atoms with Crippen LogP contribution in [0.25, 0.3) is 101 Å². The summed E-state index contributed by atoms with van der Waals surface area (Å²) in [4.78, 5) is 5.21. The summed E-state index contributed by atoms with van der Waals surface area (Å²) in [5, 5.41) is 8.01. The zero-order valence-electron chi connectivity index (χ0n) is 27.4. The highest BCUT2D eigenvalue weighted by Crippen LogP contribution is 2.52. The van der Waals surface area contributed by atoms with Gasteiger partial charge >= 0.3 is 0 Å². The summed E-state index contributed by atoms with van der Waals surface area (Å²) in [5.74, 6) is 0. The maximum atomic E-state index is 5.21. The van der Waals surface area contributed by atoms with Crippen LogP contribution in [0.4, 0.5) is 0 Å². The van der Waals surface area contributed by atoms with Crippen molar-refractivity contribution in [3.63, 3.8) is 0 Å². The van der Waals surface area contributed by atoms with E-state index in [1.807, 2.05) is 22.7 Å². The third-order valence-corrected chi connectivity index (χ3v) is 12.6. The Hall–Kier alpha value is -6.07. The Morgan fingerprint density at radius 1 is 0.392 bits per heavy atom. The summed E-state index contributed by atoms with van der Waals surface area (Å²) < 4.78 is 7.89. The number of rotatable bonds is 4. The normalized spacial score (nSPS) is 11.9. The molecule has 0 atom stereocenters. The number of thiophene rings is 2. The fraction of sp³-hybridized carbons (Fsp3) is 0. The minimum atomic E-state index is 0.960. The highest BCUT2D eigenvalue weighted by Gasteiger charge is 2.24. The summed E-state index contributed by atoms with van der Waals surface area (Å²) >= 11 is 3.85. The third-order valence-electron chi connectivity index (χ3n) is 10.2. The number of hydrogen-bond acceptors (Lipinski definition) is 3. The second-order valence-corrected chi connectivity index (χ2v) is 15.2. The standard InChI is InChI=1S/C47H28N2S2/c1-3-13-29(14-4-1)32-27-37(30-15-5-2-6-16-30)48-38(28-32)31-23-25-33(26-24-31)49-39-20-10-7-17-34(39)42-45(49)43-35-18-8-11-21-40(35)50-47(43)44-36-19-9-12-22-41(36)51-46(42)44/h1-28H. The molecule has 7 aromatic carbocycles. The van der Waals surface area contributed by atoms with Gasteiger partial charge in [0, 0.05) is 67.9 Å². The maximum Gasteiger partial charge on any atom is 0.0715 e. The summed E-state index contributed by atoms with van der Waals surface area (Å²) in [5.41, 5.74) is 10.1. The molecule has 0 saturated heterocycles. The molecule has 0 saturated carbocycles. The Kier molecular flexibility index (Phi) is 6.32. The van der Waals surface area contributed by atoms with Crippen LogP contribution in [0.3, 0.4) is 0 Å². The van der Waals surface area contributed by atoms with Gasteiger partial charge < -0.3 is 4.57 Å². The first kappa shape index (κ1) is 28.7. The Morgan fingerprint density at radius 2 is 0.882 bits per heavy atom. The fourth-order valence-electron chi connectivity index (χ4n) is 7.89. The number of para-hydroxylation sites is 1. The van der Waals surface area contributed by atoms with Crippen LogP contribution in [0.2, 0.25) is 0 Å². The van der Waals surface area contributed by atoms with E-state index in [0.717, 1.165) is 33.8 Å². The second kappa shape index (κ2) is 11.2. The lowest BCUT2D eigenvalue weighted by Crippen LogP contribution is -1.95. The van der Waals surface area contributed by atoms with Crippen molar-refractivity contribution in [1.82, 2.24) is 9.55 Å². The van der Waals surface area contributed by atoms with Gasteiger partial charge in [-0.25, -0.2) is 4.98 Å². The number of nitrogens with zero attached hydrogens (tertiary/aromatic N) is 2. The Bertz CT molecular complexity index is 3030. The number of aromatic nitrogens is 2. The molecule has 0 bridgehead atoms. The molecule has 0 unspecified atom stereocenters. The van der Waals surface area contributed by atoms with E-state index in [9.17, 15) is 0 Å². The lowest BCUT2D eigenvalue weighted by atomic mass is 10.00.